The predicted molar refractivity (Wildman–Crippen MR) is 143 cm³/mol. The van der Waals surface area contributed by atoms with Gasteiger partial charge in [0.15, 0.2) is 17.0 Å². The van der Waals surface area contributed by atoms with Crippen molar-refractivity contribution in [3.05, 3.63) is 80.5 Å². The Morgan fingerprint density at radius 1 is 0.732 bits per heavy atom. The van der Waals surface area contributed by atoms with Crippen LogP contribution in [0, 0.1) is 0 Å². The molecule has 0 amide bonds. The van der Waals surface area contributed by atoms with Crippen LogP contribution in [0.3, 0.4) is 0 Å². The van der Waals surface area contributed by atoms with E-state index >= 15 is 0 Å². The summed E-state index contributed by atoms with van der Waals surface area (Å²) >= 11 is 0. The summed E-state index contributed by atoms with van der Waals surface area (Å²) in [4.78, 5) is 61.4. The van der Waals surface area contributed by atoms with Gasteiger partial charge in [-0.15, -0.1) is 0 Å². The zero-order valence-corrected chi connectivity index (χ0v) is 22.4. The third kappa shape index (κ3) is 6.72. The molecule has 0 saturated heterocycles. The smallest absolute Gasteiger partial charge is 0.374 e. The van der Waals surface area contributed by atoms with Crippen molar-refractivity contribution in [3.63, 3.8) is 0 Å². The molecule has 0 bridgehead atoms. The van der Waals surface area contributed by atoms with E-state index in [1.165, 1.54) is 31.2 Å². The van der Waals surface area contributed by atoms with E-state index in [0.717, 1.165) is 12.1 Å². The first-order chi connectivity index (χ1) is 19.7. The molecule has 0 atom stereocenters. The van der Waals surface area contributed by atoms with E-state index in [2.05, 4.69) is 0 Å². The van der Waals surface area contributed by atoms with Gasteiger partial charge in [0.05, 0.1) is 13.2 Å². The second-order valence-electron chi connectivity index (χ2n) is 8.50. The maximum atomic E-state index is 12.8. The van der Waals surface area contributed by atoms with Crippen LogP contribution in [0.5, 0.6) is 11.5 Å². The summed E-state index contributed by atoms with van der Waals surface area (Å²) in [5, 5.41) is 0.152. The number of ether oxygens (including phenoxy) is 5. The number of carbonyl (C=O) groups excluding carboxylic acids is 3. The second kappa shape index (κ2) is 12.8. The highest BCUT2D eigenvalue weighted by Gasteiger charge is 2.21. The lowest BCUT2D eigenvalue weighted by Crippen LogP contribution is -2.30. The number of rotatable bonds is 11. The molecule has 0 fully saturated rings. The van der Waals surface area contributed by atoms with Crippen LogP contribution in [0.4, 0.5) is 0 Å². The minimum absolute atomic E-state index is 0.0760. The van der Waals surface area contributed by atoms with Gasteiger partial charge in [0, 0.05) is 19.1 Å². The molecular formula is C29H26O12. The first-order valence-electron chi connectivity index (χ1n) is 12.6. The predicted octanol–water partition coefficient (Wildman–Crippen LogP) is 3.64. The fourth-order valence-corrected chi connectivity index (χ4v) is 3.92. The molecular weight excluding hydrogens is 540 g/mol. The monoisotopic (exact) mass is 566 g/mol. The lowest BCUT2D eigenvalue weighted by molar-refractivity contribution is -0.149. The van der Waals surface area contributed by atoms with Gasteiger partial charge in [0.1, 0.15) is 46.7 Å². The van der Waals surface area contributed by atoms with Gasteiger partial charge >= 0.3 is 17.9 Å². The fraction of sp³-hybridized carbons (Fsp3) is 0.276. The number of hydrogen-bond donors (Lipinski definition) is 0. The van der Waals surface area contributed by atoms with Crippen molar-refractivity contribution in [2.75, 3.05) is 26.4 Å². The summed E-state index contributed by atoms with van der Waals surface area (Å²) in [7, 11) is 0. The minimum atomic E-state index is -0.963. The van der Waals surface area contributed by atoms with E-state index in [1.54, 1.807) is 26.0 Å². The highest BCUT2D eigenvalue weighted by atomic mass is 16.6. The number of esters is 3. The van der Waals surface area contributed by atoms with Crippen LogP contribution < -0.4 is 20.3 Å². The molecule has 2 aromatic heterocycles. The van der Waals surface area contributed by atoms with Gasteiger partial charge < -0.3 is 32.5 Å². The Hall–Kier alpha value is -5.13. The van der Waals surface area contributed by atoms with Crippen molar-refractivity contribution in [1.29, 1.82) is 0 Å². The Labute approximate surface area is 232 Å². The maximum Gasteiger partial charge on any atom is 0.374 e. The summed E-state index contributed by atoms with van der Waals surface area (Å²) in [5.41, 5.74) is -0.865. The zero-order chi connectivity index (χ0) is 29.5. The van der Waals surface area contributed by atoms with E-state index < -0.39 is 34.9 Å². The molecule has 0 aliphatic rings. The molecule has 4 aromatic rings. The quantitative estimate of drug-likeness (QED) is 0.192. The van der Waals surface area contributed by atoms with Crippen LogP contribution in [-0.4, -0.2) is 50.4 Å². The molecule has 0 unspecified atom stereocenters. The Morgan fingerprint density at radius 3 is 1.56 bits per heavy atom. The molecule has 41 heavy (non-hydrogen) atoms. The summed E-state index contributed by atoms with van der Waals surface area (Å²) in [6, 6.07) is 11.2. The number of fused-ring (bicyclic) bond motifs is 2. The van der Waals surface area contributed by atoms with Crippen molar-refractivity contribution in [1.82, 2.24) is 0 Å². The molecule has 2 heterocycles. The van der Waals surface area contributed by atoms with Gasteiger partial charge in [0.25, 0.3) is 0 Å². The molecule has 0 aliphatic carbocycles. The van der Waals surface area contributed by atoms with Gasteiger partial charge in [-0.25, -0.2) is 9.59 Å². The standard InChI is InChI=1S/C29H26O12/c1-4-35-28(33)24-12-18(31)26-20(8-6-10-22(26)40-24)37-14-17(39-16(3)30)15-38-21-9-7-11-23-27(21)19(32)13-25(41-23)29(34)36-5-2/h6-13,17H,4-5,14-15H2,1-3H3. The first-order valence-corrected chi connectivity index (χ1v) is 12.6. The third-order valence-electron chi connectivity index (χ3n) is 5.57. The minimum Gasteiger partial charge on any atom is -0.489 e. The summed E-state index contributed by atoms with van der Waals surface area (Å²) in [6.45, 7) is 4.23. The topological polar surface area (TPSA) is 158 Å². The molecule has 0 spiro atoms. The molecule has 12 nitrogen and oxygen atoms in total. The van der Waals surface area contributed by atoms with Crippen molar-refractivity contribution in [2.45, 2.75) is 26.9 Å². The van der Waals surface area contributed by atoms with Gasteiger partial charge in [-0.05, 0) is 38.1 Å². The molecule has 0 radical (unpaired) electrons. The Bertz CT molecular complexity index is 1600. The SMILES string of the molecule is CCOC(=O)c1cc(=O)c2c(OCC(COc3cccc4oc(C(=O)OCC)cc(=O)c34)OC(C)=O)cccc2o1. The van der Waals surface area contributed by atoms with Crippen LogP contribution >= 0.6 is 0 Å². The summed E-state index contributed by atoms with van der Waals surface area (Å²) in [5.74, 6) is -2.41. The molecule has 12 heteroatoms. The van der Waals surface area contributed by atoms with Gasteiger partial charge in [-0.1, -0.05) is 12.1 Å². The fourth-order valence-electron chi connectivity index (χ4n) is 3.92. The molecule has 0 N–H and O–H groups in total. The van der Waals surface area contributed by atoms with Gasteiger partial charge in [-0.3, -0.25) is 14.4 Å². The van der Waals surface area contributed by atoms with Crippen molar-refractivity contribution >= 4 is 39.8 Å². The van der Waals surface area contributed by atoms with E-state index in [9.17, 15) is 24.0 Å². The lowest BCUT2D eigenvalue weighted by atomic mass is 10.2. The summed E-state index contributed by atoms with van der Waals surface area (Å²) < 4.78 is 37.8. The van der Waals surface area contributed by atoms with Crippen LogP contribution in [0.2, 0.25) is 0 Å². The van der Waals surface area contributed by atoms with Gasteiger partial charge in [-0.2, -0.15) is 0 Å². The molecule has 4 rings (SSSR count). The normalized spacial score (nSPS) is 10.9. The Balaban J connectivity index is 1.55. The summed E-state index contributed by atoms with van der Waals surface area (Å²) in [6.07, 6.45) is -0.963. The number of carbonyl (C=O) groups is 3. The lowest BCUT2D eigenvalue weighted by Gasteiger charge is -2.19. The van der Waals surface area contributed by atoms with Crippen LogP contribution in [0.15, 0.2) is 67.0 Å². The van der Waals surface area contributed by atoms with Crippen LogP contribution in [-0.2, 0) is 19.0 Å². The average Bonchev–Trinajstić information content (AvgIpc) is 2.94. The van der Waals surface area contributed by atoms with Crippen LogP contribution in [0.1, 0.15) is 41.9 Å². The van der Waals surface area contributed by atoms with Crippen LogP contribution in [0.25, 0.3) is 21.9 Å². The number of hydrogen-bond acceptors (Lipinski definition) is 12. The second-order valence-corrected chi connectivity index (χ2v) is 8.50. The highest BCUT2D eigenvalue weighted by molar-refractivity contribution is 5.91. The van der Waals surface area contributed by atoms with Crippen molar-refractivity contribution in [2.24, 2.45) is 0 Å². The van der Waals surface area contributed by atoms with Crippen molar-refractivity contribution in [3.8, 4) is 11.5 Å². The van der Waals surface area contributed by atoms with E-state index in [4.69, 9.17) is 32.5 Å². The number of benzene rings is 2. The van der Waals surface area contributed by atoms with E-state index in [-0.39, 0.29) is 71.4 Å². The highest BCUT2D eigenvalue weighted by Crippen LogP contribution is 2.26. The average molecular weight is 567 g/mol. The first kappa shape index (κ1) is 28.9. The zero-order valence-electron chi connectivity index (χ0n) is 22.4. The molecule has 2 aromatic carbocycles. The Kier molecular flexibility index (Phi) is 9.02. The maximum absolute atomic E-state index is 12.8. The van der Waals surface area contributed by atoms with Gasteiger partial charge in [0.2, 0.25) is 11.5 Å². The largest absolute Gasteiger partial charge is 0.489 e. The molecule has 0 saturated carbocycles. The van der Waals surface area contributed by atoms with Crippen molar-refractivity contribution < 1.29 is 46.9 Å². The Morgan fingerprint density at radius 2 is 1.17 bits per heavy atom. The molecule has 214 valence electrons. The third-order valence-corrected chi connectivity index (χ3v) is 5.57. The van der Waals surface area contributed by atoms with E-state index in [1.807, 2.05) is 0 Å². The van der Waals surface area contributed by atoms with E-state index in [0.29, 0.717) is 0 Å². The molecule has 0 aliphatic heterocycles.